The van der Waals surface area contributed by atoms with E-state index in [0.29, 0.717) is 0 Å². The molecule has 130 valence electrons. The van der Waals surface area contributed by atoms with Gasteiger partial charge in [0.1, 0.15) is 18.2 Å². The number of aryl methyl sites for hydroxylation is 1. The van der Waals surface area contributed by atoms with Crippen molar-refractivity contribution in [3.63, 3.8) is 0 Å². The lowest BCUT2D eigenvalue weighted by molar-refractivity contribution is 0.144. The molecule has 0 aliphatic heterocycles. The van der Waals surface area contributed by atoms with E-state index >= 15 is 0 Å². The van der Waals surface area contributed by atoms with Gasteiger partial charge in [-0.2, -0.15) is 9.36 Å². The van der Waals surface area contributed by atoms with E-state index in [2.05, 4.69) is 10.4 Å². The molecule has 0 aliphatic carbocycles. The van der Waals surface area contributed by atoms with Gasteiger partial charge in [0.2, 0.25) is 0 Å². The first kappa shape index (κ1) is 16.7. The molecular weight excluding hydrogens is 337 g/mol. The summed E-state index contributed by atoms with van der Waals surface area (Å²) < 4.78 is 47.6. The molecule has 0 fully saturated rings. The van der Waals surface area contributed by atoms with Crippen molar-refractivity contribution in [1.29, 1.82) is 0 Å². The lowest BCUT2D eigenvalue weighted by Crippen LogP contribution is -2.23. The summed E-state index contributed by atoms with van der Waals surface area (Å²) in [6.07, 6.45) is -2.72. The summed E-state index contributed by atoms with van der Waals surface area (Å²) in [5.74, 6) is -0.706. The van der Waals surface area contributed by atoms with E-state index in [9.17, 15) is 18.0 Å². The van der Waals surface area contributed by atoms with Crippen LogP contribution in [0.2, 0.25) is 0 Å². The van der Waals surface area contributed by atoms with E-state index in [1.165, 1.54) is 49.5 Å². The molecule has 1 heterocycles. The minimum Gasteiger partial charge on any atom is -0.488 e. The number of aromatic nitrogens is 4. The van der Waals surface area contributed by atoms with E-state index in [-0.39, 0.29) is 29.2 Å². The predicted octanol–water partition coefficient (Wildman–Crippen LogP) is 2.62. The summed E-state index contributed by atoms with van der Waals surface area (Å²) in [6, 6.07) is 9.66. The Kier molecular flexibility index (Phi) is 4.55. The average molecular weight is 350 g/mol. The van der Waals surface area contributed by atoms with Crippen LogP contribution in [0.3, 0.4) is 0 Å². The number of ether oxygens (including phenoxy) is 1. The average Bonchev–Trinajstić information content (AvgIpc) is 2.93. The SMILES string of the molecule is Cn1nnn(-c2cccc(F)c2COc2ccccc2C(F)F)c1=O. The summed E-state index contributed by atoms with van der Waals surface area (Å²) in [4.78, 5) is 12.0. The Morgan fingerprint density at radius 1 is 1.12 bits per heavy atom. The number of hydrogen-bond acceptors (Lipinski definition) is 4. The molecule has 0 aliphatic rings. The molecule has 0 spiro atoms. The number of hydrogen-bond donors (Lipinski definition) is 0. The lowest BCUT2D eigenvalue weighted by atomic mass is 10.1. The Morgan fingerprint density at radius 2 is 1.88 bits per heavy atom. The van der Waals surface area contributed by atoms with Crippen LogP contribution in [0.5, 0.6) is 5.75 Å². The number of rotatable bonds is 5. The molecule has 6 nitrogen and oxygen atoms in total. The van der Waals surface area contributed by atoms with Crippen LogP contribution in [0.25, 0.3) is 5.69 Å². The number of halogens is 3. The van der Waals surface area contributed by atoms with Gasteiger partial charge in [-0.15, -0.1) is 0 Å². The number of para-hydroxylation sites is 1. The monoisotopic (exact) mass is 350 g/mol. The van der Waals surface area contributed by atoms with Crippen molar-refractivity contribution in [2.75, 3.05) is 0 Å². The molecule has 0 saturated carbocycles. The Labute approximate surface area is 140 Å². The second-order valence-corrected chi connectivity index (χ2v) is 5.16. The van der Waals surface area contributed by atoms with Crippen molar-refractivity contribution in [3.05, 3.63) is 69.9 Å². The molecule has 25 heavy (non-hydrogen) atoms. The third-order valence-corrected chi connectivity index (χ3v) is 3.57. The first-order valence-corrected chi connectivity index (χ1v) is 7.25. The quantitative estimate of drug-likeness (QED) is 0.710. The predicted molar refractivity (Wildman–Crippen MR) is 82.3 cm³/mol. The van der Waals surface area contributed by atoms with Crippen LogP contribution < -0.4 is 10.4 Å². The van der Waals surface area contributed by atoms with Gasteiger partial charge in [0.25, 0.3) is 6.43 Å². The molecule has 0 N–H and O–H groups in total. The van der Waals surface area contributed by atoms with E-state index in [4.69, 9.17) is 4.74 Å². The molecule has 3 rings (SSSR count). The fourth-order valence-corrected chi connectivity index (χ4v) is 2.30. The van der Waals surface area contributed by atoms with Crippen molar-refractivity contribution in [1.82, 2.24) is 19.8 Å². The number of nitrogens with zero attached hydrogens (tertiary/aromatic N) is 4. The van der Waals surface area contributed by atoms with Crippen molar-refractivity contribution < 1.29 is 17.9 Å². The molecule has 0 unspecified atom stereocenters. The zero-order valence-corrected chi connectivity index (χ0v) is 13.1. The first-order chi connectivity index (χ1) is 12.0. The van der Waals surface area contributed by atoms with Crippen LogP contribution in [0.15, 0.2) is 47.3 Å². The normalized spacial score (nSPS) is 11.1. The second-order valence-electron chi connectivity index (χ2n) is 5.16. The molecular formula is C16H13F3N4O2. The van der Waals surface area contributed by atoms with Crippen LogP contribution in [-0.2, 0) is 13.7 Å². The van der Waals surface area contributed by atoms with E-state index < -0.39 is 17.9 Å². The third-order valence-electron chi connectivity index (χ3n) is 3.57. The fraction of sp³-hybridized carbons (Fsp3) is 0.188. The van der Waals surface area contributed by atoms with Crippen LogP contribution in [0, 0.1) is 5.82 Å². The number of alkyl halides is 2. The van der Waals surface area contributed by atoms with Gasteiger partial charge < -0.3 is 4.74 Å². The van der Waals surface area contributed by atoms with E-state index in [1.54, 1.807) is 0 Å². The molecule has 3 aromatic rings. The molecule has 1 aromatic heterocycles. The third kappa shape index (κ3) is 3.25. The molecule has 0 atom stereocenters. The maximum absolute atomic E-state index is 14.2. The maximum atomic E-state index is 14.2. The first-order valence-electron chi connectivity index (χ1n) is 7.25. The van der Waals surface area contributed by atoms with Gasteiger partial charge in [-0.3, -0.25) is 0 Å². The van der Waals surface area contributed by atoms with Gasteiger partial charge >= 0.3 is 5.69 Å². The van der Waals surface area contributed by atoms with Crippen molar-refractivity contribution in [2.24, 2.45) is 7.05 Å². The highest BCUT2D eigenvalue weighted by Crippen LogP contribution is 2.29. The second kappa shape index (κ2) is 6.80. The highest BCUT2D eigenvalue weighted by atomic mass is 19.3. The molecule has 0 saturated heterocycles. The minimum absolute atomic E-state index is 0.00849. The van der Waals surface area contributed by atoms with Gasteiger partial charge in [-0.1, -0.05) is 18.2 Å². The van der Waals surface area contributed by atoms with Crippen LogP contribution in [0.1, 0.15) is 17.6 Å². The van der Waals surface area contributed by atoms with E-state index in [0.717, 1.165) is 9.36 Å². The molecule has 9 heteroatoms. The topological polar surface area (TPSA) is 61.9 Å². The van der Waals surface area contributed by atoms with Gasteiger partial charge in [-0.05, 0) is 34.7 Å². The minimum atomic E-state index is -2.72. The highest BCUT2D eigenvalue weighted by molar-refractivity contribution is 5.41. The molecule has 2 aromatic carbocycles. The standard InChI is InChI=1S/C16H13F3N4O2/c1-22-16(24)23(21-20-22)13-7-4-6-12(17)11(13)9-25-14-8-3-2-5-10(14)15(18)19/h2-8,15H,9H2,1H3. The molecule has 0 amide bonds. The van der Waals surface area contributed by atoms with Gasteiger partial charge in [-0.25, -0.2) is 18.0 Å². The summed E-state index contributed by atoms with van der Waals surface area (Å²) in [5.41, 5.74) is -0.723. The van der Waals surface area contributed by atoms with Gasteiger partial charge in [0.05, 0.1) is 16.8 Å². The maximum Gasteiger partial charge on any atom is 0.368 e. The zero-order chi connectivity index (χ0) is 18.0. The van der Waals surface area contributed by atoms with Gasteiger partial charge in [0.15, 0.2) is 0 Å². The Morgan fingerprint density at radius 3 is 2.56 bits per heavy atom. The summed E-state index contributed by atoms with van der Waals surface area (Å²) in [7, 11) is 1.40. The van der Waals surface area contributed by atoms with E-state index in [1.807, 2.05) is 0 Å². The van der Waals surface area contributed by atoms with Crippen molar-refractivity contribution in [3.8, 4) is 11.4 Å². The molecule has 0 bridgehead atoms. The van der Waals surface area contributed by atoms with Crippen LogP contribution >= 0.6 is 0 Å². The largest absolute Gasteiger partial charge is 0.488 e. The lowest BCUT2D eigenvalue weighted by Gasteiger charge is -2.13. The zero-order valence-electron chi connectivity index (χ0n) is 13.1. The Balaban J connectivity index is 1.97. The Hall–Kier alpha value is -3.10. The molecule has 0 radical (unpaired) electrons. The summed E-state index contributed by atoms with van der Waals surface area (Å²) >= 11 is 0. The van der Waals surface area contributed by atoms with Crippen LogP contribution in [-0.4, -0.2) is 19.8 Å². The van der Waals surface area contributed by atoms with Crippen molar-refractivity contribution >= 4 is 0 Å². The van der Waals surface area contributed by atoms with Crippen LogP contribution in [0.4, 0.5) is 13.2 Å². The smallest absolute Gasteiger partial charge is 0.368 e. The highest BCUT2D eigenvalue weighted by Gasteiger charge is 2.17. The number of benzene rings is 2. The summed E-state index contributed by atoms with van der Waals surface area (Å²) in [6.45, 7) is -0.352. The Bertz CT molecular complexity index is 953. The number of tetrazole rings is 1. The van der Waals surface area contributed by atoms with Crippen molar-refractivity contribution in [2.45, 2.75) is 13.0 Å². The van der Waals surface area contributed by atoms with Gasteiger partial charge in [0, 0.05) is 7.05 Å². The summed E-state index contributed by atoms with van der Waals surface area (Å²) in [5, 5.41) is 7.24. The fourth-order valence-electron chi connectivity index (χ4n) is 2.30.